The van der Waals surface area contributed by atoms with Crippen molar-refractivity contribution in [2.75, 3.05) is 13.1 Å². The molecule has 1 heteroatoms. The molecule has 0 aromatic rings. The summed E-state index contributed by atoms with van der Waals surface area (Å²) in [7, 11) is 0. The predicted octanol–water partition coefficient (Wildman–Crippen LogP) is 3.74. The molecule has 0 radical (unpaired) electrons. The van der Waals surface area contributed by atoms with Gasteiger partial charge in [0.25, 0.3) is 0 Å². The Morgan fingerprint density at radius 3 is 1.85 bits per heavy atom. The molecule has 0 unspecified atom stereocenters. The van der Waals surface area contributed by atoms with Gasteiger partial charge in [0.1, 0.15) is 0 Å². The van der Waals surface area contributed by atoms with Crippen molar-refractivity contribution in [2.24, 2.45) is 0 Å². The van der Waals surface area contributed by atoms with E-state index in [1.54, 1.807) is 0 Å². The van der Waals surface area contributed by atoms with Crippen molar-refractivity contribution >= 4 is 0 Å². The van der Waals surface area contributed by atoms with Crippen LogP contribution in [-0.2, 0) is 0 Å². The van der Waals surface area contributed by atoms with E-state index in [1.807, 2.05) is 0 Å². The van der Waals surface area contributed by atoms with Gasteiger partial charge in [0.2, 0.25) is 0 Å². The van der Waals surface area contributed by atoms with Gasteiger partial charge in [-0.1, -0.05) is 58.8 Å². The van der Waals surface area contributed by atoms with Gasteiger partial charge in [0.15, 0.2) is 0 Å². The average Bonchev–Trinajstić information content (AvgIpc) is 2.01. The van der Waals surface area contributed by atoms with E-state index in [9.17, 15) is 0 Å². The summed E-state index contributed by atoms with van der Waals surface area (Å²) < 4.78 is 0. The van der Waals surface area contributed by atoms with Crippen LogP contribution in [-0.4, -0.2) is 13.1 Å². The van der Waals surface area contributed by atoms with Crippen LogP contribution in [0.25, 0.3) is 0 Å². The van der Waals surface area contributed by atoms with Crippen LogP contribution in [0, 0.1) is 0 Å². The molecule has 1 N–H and O–H groups in total. The highest BCUT2D eigenvalue weighted by Gasteiger charge is 1.95. The minimum absolute atomic E-state index is 1.12. The van der Waals surface area contributed by atoms with E-state index in [-0.39, 0.29) is 0 Å². The van der Waals surface area contributed by atoms with Crippen LogP contribution < -0.4 is 5.32 Å². The van der Waals surface area contributed by atoms with E-state index in [1.165, 1.54) is 57.9 Å². The summed E-state index contributed by atoms with van der Waals surface area (Å²) in [5.74, 6) is 0. The minimum atomic E-state index is 1.12. The van der Waals surface area contributed by atoms with Crippen LogP contribution in [0.5, 0.6) is 0 Å². The first-order valence-electron chi connectivity index (χ1n) is 6.12. The fraction of sp³-hybridized carbons (Fsp3) is 1.00. The standard InChI is InChI=1S/C8H19N.C4H8/c1-3-5-6-7-8-9-4-2;1-2-4-3-1/h9H,3-8H2,1-2H3;1-4H2. The molecule has 1 nitrogen and oxygen atoms in total. The van der Waals surface area contributed by atoms with Gasteiger partial charge in [-0.25, -0.2) is 0 Å². The number of hydrogen-bond donors (Lipinski definition) is 1. The Balaban J connectivity index is 0.000000293. The van der Waals surface area contributed by atoms with Gasteiger partial charge < -0.3 is 5.32 Å². The van der Waals surface area contributed by atoms with E-state index in [2.05, 4.69) is 19.2 Å². The van der Waals surface area contributed by atoms with Crippen LogP contribution in [0.2, 0.25) is 0 Å². The maximum absolute atomic E-state index is 3.31. The Kier molecular flexibility index (Phi) is 11.9. The van der Waals surface area contributed by atoms with Crippen molar-refractivity contribution in [2.45, 2.75) is 65.2 Å². The van der Waals surface area contributed by atoms with Gasteiger partial charge >= 0.3 is 0 Å². The van der Waals surface area contributed by atoms with Crippen LogP contribution >= 0.6 is 0 Å². The highest BCUT2D eigenvalue weighted by molar-refractivity contribution is 4.50. The number of unbranched alkanes of at least 4 members (excludes halogenated alkanes) is 3. The van der Waals surface area contributed by atoms with Gasteiger partial charge in [-0.15, -0.1) is 0 Å². The third-order valence-corrected chi connectivity index (χ3v) is 2.46. The van der Waals surface area contributed by atoms with E-state index in [0.717, 1.165) is 6.54 Å². The lowest BCUT2D eigenvalue weighted by Crippen LogP contribution is -2.13. The minimum Gasteiger partial charge on any atom is -0.317 e. The lowest BCUT2D eigenvalue weighted by atomic mass is 10.0. The second-order valence-electron chi connectivity index (χ2n) is 3.83. The van der Waals surface area contributed by atoms with Gasteiger partial charge in [0, 0.05) is 0 Å². The zero-order valence-electron chi connectivity index (χ0n) is 9.57. The van der Waals surface area contributed by atoms with Crippen molar-refractivity contribution in [3.8, 4) is 0 Å². The summed E-state index contributed by atoms with van der Waals surface area (Å²) in [6, 6.07) is 0. The molecule has 13 heavy (non-hydrogen) atoms. The molecule has 0 saturated heterocycles. The monoisotopic (exact) mass is 185 g/mol. The summed E-state index contributed by atoms with van der Waals surface area (Å²) in [5, 5.41) is 3.31. The Morgan fingerprint density at radius 1 is 0.846 bits per heavy atom. The van der Waals surface area contributed by atoms with Crippen molar-refractivity contribution in [1.29, 1.82) is 0 Å². The zero-order chi connectivity index (χ0) is 9.78. The first kappa shape index (κ1) is 13.0. The number of rotatable bonds is 6. The Morgan fingerprint density at radius 2 is 1.46 bits per heavy atom. The molecule has 0 aromatic carbocycles. The molecule has 1 fully saturated rings. The third kappa shape index (κ3) is 12.0. The van der Waals surface area contributed by atoms with Crippen molar-refractivity contribution in [3.63, 3.8) is 0 Å². The van der Waals surface area contributed by atoms with E-state index >= 15 is 0 Å². The van der Waals surface area contributed by atoms with Crippen molar-refractivity contribution in [3.05, 3.63) is 0 Å². The molecule has 0 heterocycles. The molecule has 0 aliphatic heterocycles. The SMILES string of the molecule is C1CCC1.CCCCCCNCC. The second kappa shape index (κ2) is 12.0. The van der Waals surface area contributed by atoms with E-state index < -0.39 is 0 Å². The normalized spacial score (nSPS) is 14.3. The quantitative estimate of drug-likeness (QED) is 0.622. The molecular weight excluding hydrogens is 158 g/mol. The highest BCUT2D eigenvalue weighted by atomic mass is 14.8. The molecule has 1 rings (SSSR count). The Bertz CT molecular complexity index is 67.2. The first-order chi connectivity index (χ1) is 6.41. The Labute approximate surface area is 84.3 Å². The molecule has 0 amide bonds. The lowest BCUT2D eigenvalue weighted by molar-refractivity contribution is 0.504. The number of nitrogens with one attached hydrogen (secondary N) is 1. The van der Waals surface area contributed by atoms with Gasteiger partial charge in [0.05, 0.1) is 0 Å². The molecular formula is C12H27N. The molecule has 0 bridgehead atoms. The van der Waals surface area contributed by atoms with Gasteiger partial charge in [-0.2, -0.15) is 0 Å². The molecule has 0 aromatic heterocycles. The molecule has 1 saturated carbocycles. The zero-order valence-corrected chi connectivity index (χ0v) is 9.57. The summed E-state index contributed by atoms with van der Waals surface area (Å²) in [6.07, 6.45) is 11.5. The van der Waals surface area contributed by atoms with Gasteiger partial charge in [-0.05, 0) is 19.5 Å². The summed E-state index contributed by atoms with van der Waals surface area (Å²) in [5.41, 5.74) is 0. The maximum atomic E-state index is 3.31. The largest absolute Gasteiger partial charge is 0.317 e. The molecule has 0 atom stereocenters. The van der Waals surface area contributed by atoms with Crippen LogP contribution in [0.15, 0.2) is 0 Å². The topological polar surface area (TPSA) is 12.0 Å². The van der Waals surface area contributed by atoms with Crippen LogP contribution in [0.3, 0.4) is 0 Å². The smallest absolute Gasteiger partial charge is 0.00490 e. The van der Waals surface area contributed by atoms with Crippen LogP contribution in [0.4, 0.5) is 0 Å². The van der Waals surface area contributed by atoms with E-state index in [4.69, 9.17) is 0 Å². The van der Waals surface area contributed by atoms with Crippen molar-refractivity contribution < 1.29 is 0 Å². The van der Waals surface area contributed by atoms with Crippen LogP contribution in [0.1, 0.15) is 65.2 Å². The molecule has 1 aliphatic rings. The summed E-state index contributed by atoms with van der Waals surface area (Å²) >= 11 is 0. The second-order valence-corrected chi connectivity index (χ2v) is 3.83. The van der Waals surface area contributed by atoms with Crippen molar-refractivity contribution in [1.82, 2.24) is 5.32 Å². The highest BCUT2D eigenvalue weighted by Crippen LogP contribution is 2.15. The third-order valence-electron chi connectivity index (χ3n) is 2.46. The fourth-order valence-electron chi connectivity index (χ4n) is 1.10. The lowest BCUT2D eigenvalue weighted by Gasteiger charge is -2.05. The predicted molar refractivity (Wildman–Crippen MR) is 61.2 cm³/mol. The van der Waals surface area contributed by atoms with Gasteiger partial charge in [-0.3, -0.25) is 0 Å². The summed E-state index contributed by atoms with van der Waals surface area (Å²) in [6.45, 7) is 6.72. The summed E-state index contributed by atoms with van der Waals surface area (Å²) in [4.78, 5) is 0. The fourth-order valence-corrected chi connectivity index (χ4v) is 1.10. The molecule has 80 valence electrons. The maximum Gasteiger partial charge on any atom is -0.00490 e. The van der Waals surface area contributed by atoms with E-state index in [0.29, 0.717) is 0 Å². The first-order valence-corrected chi connectivity index (χ1v) is 6.12. The number of hydrogen-bond acceptors (Lipinski definition) is 1. The Hall–Kier alpha value is -0.0400. The molecule has 0 spiro atoms. The molecule has 1 aliphatic carbocycles. The average molecular weight is 185 g/mol.